The second-order valence-electron chi connectivity index (χ2n) is 1.56. The summed E-state index contributed by atoms with van der Waals surface area (Å²) >= 11 is 0. The summed E-state index contributed by atoms with van der Waals surface area (Å²) in [7, 11) is 0. The van der Waals surface area contributed by atoms with E-state index in [2.05, 4.69) is 16.1 Å². The Morgan fingerprint density at radius 3 is 2.64 bits per heavy atom. The molecule has 0 bridgehead atoms. The number of hydrogen-bond acceptors (Lipinski definition) is 5. The summed E-state index contributed by atoms with van der Waals surface area (Å²) in [6.07, 6.45) is 0.885. The SMILES string of the molecule is CC(=O)NN/N=C\C(=O)NN. The molecule has 0 aliphatic carbocycles. The summed E-state index contributed by atoms with van der Waals surface area (Å²) in [5.74, 6) is 3.83. The lowest BCUT2D eigenvalue weighted by Gasteiger charge is -1.96. The molecule has 0 radical (unpaired) electrons. The predicted octanol–water partition coefficient (Wildman–Crippen LogP) is -2.40. The zero-order valence-corrected chi connectivity index (χ0v) is 5.92. The van der Waals surface area contributed by atoms with E-state index in [1.807, 2.05) is 5.43 Å². The molecule has 62 valence electrons. The van der Waals surface area contributed by atoms with Gasteiger partial charge in [0, 0.05) is 6.92 Å². The molecule has 0 heterocycles. The minimum absolute atomic E-state index is 0.310. The summed E-state index contributed by atoms with van der Waals surface area (Å²) in [6, 6.07) is 0. The van der Waals surface area contributed by atoms with Crippen LogP contribution in [0.25, 0.3) is 0 Å². The number of hydrazine groups is 2. The highest BCUT2D eigenvalue weighted by molar-refractivity contribution is 6.25. The summed E-state index contributed by atoms with van der Waals surface area (Å²) in [6.45, 7) is 1.30. The molecule has 0 fully saturated rings. The fourth-order valence-corrected chi connectivity index (χ4v) is 0.239. The number of nitrogens with one attached hydrogen (secondary N) is 3. The van der Waals surface area contributed by atoms with E-state index in [0.29, 0.717) is 0 Å². The van der Waals surface area contributed by atoms with Crippen molar-refractivity contribution in [3.05, 3.63) is 0 Å². The lowest BCUT2D eigenvalue weighted by atomic mass is 10.7. The maximum Gasteiger partial charge on any atom is 0.278 e. The molecule has 0 saturated carbocycles. The third-order valence-corrected chi connectivity index (χ3v) is 0.621. The number of hydrogen-bond donors (Lipinski definition) is 4. The first-order valence-corrected chi connectivity index (χ1v) is 2.72. The van der Waals surface area contributed by atoms with Gasteiger partial charge in [-0.05, 0) is 0 Å². The predicted molar refractivity (Wildman–Crippen MR) is 37.8 cm³/mol. The quantitative estimate of drug-likeness (QED) is 0.159. The first-order valence-electron chi connectivity index (χ1n) is 2.72. The van der Waals surface area contributed by atoms with Crippen molar-refractivity contribution < 1.29 is 9.59 Å². The smallest absolute Gasteiger partial charge is 0.278 e. The van der Waals surface area contributed by atoms with Gasteiger partial charge >= 0.3 is 0 Å². The average Bonchev–Trinajstić information content (AvgIpc) is 1.97. The summed E-state index contributed by atoms with van der Waals surface area (Å²) in [5, 5.41) is 3.28. The van der Waals surface area contributed by atoms with Crippen LogP contribution in [0, 0.1) is 0 Å². The van der Waals surface area contributed by atoms with Gasteiger partial charge in [0.15, 0.2) is 0 Å². The van der Waals surface area contributed by atoms with Gasteiger partial charge in [0.1, 0.15) is 6.21 Å². The number of nitrogens with two attached hydrogens (primary N) is 1. The van der Waals surface area contributed by atoms with Gasteiger partial charge in [0.05, 0.1) is 0 Å². The van der Waals surface area contributed by atoms with Gasteiger partial charge in [-0.15, -0.1) is 0 Å². The Balaban J connectivity index is 3.45. The zero-order chi connectivity index (χ0) is 8.69. The average molecular weight is 159 g/mol. The van der Waals surface area contributed by atoms with E-state index in [-0.39, 0.29) is 5.91 Å². The number of carbonyl (C=O) groups excluding carboxylic acids is 2. The molecule has 7 heteroatoms. The van der Waals surface area contributed by atoms with Crippen molar-refractivity contribution in [3.63, 3.8) is 0 Å². The van der Waals surface area contributed by atoms with E-state index in [1.165, 1.54) is 6.92 Å². The largest absolute Gasteiger partial charge is 0.289 e. The molecule has 0 aliphatic heterocycles. The topological polar surface area (TPSA) is 109 Å². The fraction of sp³-hybridized carbons (Fsp3) is 0.250. The van der Waals surface area contributed by atoms with Gasteiger partial charge in [0.2, 0.25) is 5.91 Å². The molecule has 0 spiro atoms. The van der Waals surface area contributed by atoms with Crippen molar-refractivity contribution in [2.75, 3.05) is 0 Å². The van der Waals surface area contributed by atoms with E-state index >= 15 is 0 Å². The van der Waals surface area contributed by atoms with Gasteiger partial charge in [0.25, 0.3) is 5.91 Å². The number of rotatable bonds is 3. The van der Waals surface area contributed by atoms with Gasteiger partial charge in [-0.1, -0.05) is 0 Å². The van der Waals surface area contributed by atoms with Crippen LogP contribution in [0.4, 0.5) is 0 Å². The van der Waals surface area contributed by atoms with Gasteiger partial charge < -0.3 is 0 Å². The normalized spacial score (nSPS) is 9.27. The molecule has 7 nitrogen and oxygen atoms in total. The minimum atomic E-state index is -0.567. The molecule has 5 N–H and O–H groups in total. The molecule has 0 atom stereocenters. The van der Waals surface area contributed by atoms with Crippen LogP contribution in [-0.2, 0) is 9.59 Å². The third kappa shape index (κ3) is 6.25. The summed E-state index contributed by atoms with van der Waals surface area (Å²) < 4.78 is 0. The first-order chi connectivity index (χ1) is 5.16. The second-order valence-corrected chi connectivity index (χ2v) is 1.56. The lowest BCUT2D eigenvalue weighted by molar-refractivity contribution is -0.120. The Hall–Kier alpha value is -1.63. The van der Waals surface area contributed by atoms with Crippen LogP contribution < -0.4 is 22.2 Å². The lowest BCUT2D eigenvalue weighted by Crippen LogP contribution is -2.34. The monoisotopic (exact) mass is 159 g/mol. The molecular formula is C4H9N5O2. The zero-order valence-electron chi connectivity index (χ0n) is 5.92. The Morgan fingerprint density at radius 1 is 1.55 bits per heavy atom. The highest BCUT2D eigenvalue weighted by atomic mass is 16.2. The Kier molecular flexibility index (Phi) is 4.41. The highest BCUT2D eigenvalue weighted by Gasteiger charge is 1.88. The van der Waals surface area contributed by atoms with E-state index in [0.717, 1.165) is 6.21 Å². The molecule has 2 amide bonds. The molecule has 0 saturated heterocycles. The molecule has 0 aromatic heterocycles. The van der Waals surface area contributed by atoms with Crippen LogP contribution in [0.15, 0.2) is 5.10 Å². The van der Waals surface area contributed by atoms with Gasteiger partial charge in [-0.25, -0.2) is 11.4 Å². The van der Waals surface area contributed by atoms with Crippen molar-refractivity contribution in [2.24, 2.45) is 10.9 Å². The third-order valence-electron chi connectivity index (χ3n) is 0.621. The van der Waals surface area contributed by atoms with Crippen LogP contribution >= 0.6 is 0 Å². The molecule has 11 heavy (non-hydrogen) atoms. The Bertz CT molecular complexity index is 177. The van der Waals surface area contributed by atoms with E-state index in [9.17, 15) is 9.59 Å². The molecule has 0 unspecified atom stereocenters. The van der Waals surface area contributed by atoms with Crippen LogP contribution in [0.3, 0.4) is 0 Å². The van der Waals surface area contributed by atoms with Crippen LogP contribution in [0.2, 0.25) is 0 Å². The Labute approximate surface area is 63.0 Å². The maximum absolute atomic E-state index is 10.3. The van der Waals surface area contributed by atoms with Crippen LogP contribution in [-0.4, -0.2) is 18.0 Å². The van der Waals surface area contributed by atoms with E-state index in [4.69, 9.17) is 5.84 Å². The van der Waals surface area contributed by atoms with Gasteiger partial charge in [-0.2, -0.15) is 5.10 Å². The van der Waals surface area contributed by atoms with Crippen LogP contribution in [0.1, 0.15) is 6.92 Å². The fourth-order valence-electron chi connectivity index (χ4n) is 0.239. The summed E-state index contributed by atoms with van der Waals surface area (Å²) in [4.78, 5) is 20.5. The molecule has 0 aliphatic rings. The van der Waals surface area contributed by atoms with Gasteiger partial charge in [-0.3, -0.25) is 20.4 Å². The highest BCUT2D eigenvalue weighted by Crippen LogP contribution is 1.56. The van der Waals surface area contributed by atoms with Crippen molar-refractivity contribution in [1.82, 2.24) is 16.4 Å². The molecular weight excluding hydrogens is 150 g/mol. The summed E-state index contributed by atoms with van der Waals surface area (Å²) in [5.41, 5.74) is 6.03. The number of hydrazone groups is 1. The molecule has 0 rings (SSSR count). The number of carbonyl (C=O) groups is 2. The van der Waals surface area contributed by atoms with E-state index < -0.39 is 5.91 Å². The standard InChI is InChI=1S/C4H9N5O2/c1-3(10)8-9-6-2-4(11)7-5/h2,9H,5H2,1H3,(H,7,11)(H,8,10)/b6-2-. The number of amides is 2. The second kappa shape index (κ2) is 5.18. The maximum atomic E-state index is 10.3. The van der Waals surface area contributed by atoms with Crippen molar-refractivity contribution in [2.45, 2.75) is 6.92 Å². The molecule has 0 aromatic carbocycles. The van der Waals surface area contributed by atoms with Crippen molar-refractivity contribution >= 4 is 18.0 Å². The minimum Gasteiger partial charge on any atom is -0.289 e. The molecule has 0 aromatic rings. The van der Waals surface area contributed by atoms with Crippen molar-refractivity contribution in [1.29, 1.82) is 0 Å². The van der Waals surface area contributed by atoms with Crippen molar-refractivity contribution in [3.8, 4) is 0 Å². The van der Waals surface area contributed by atoms with E-state index in [1.54, 1.807) is 0 Å². The Morgan fingerprint density at radius 2 is 2.18 bits per heavy atom. The van der Waals surface area contributed by atoms with Crippen LogP contribution in [0.5, 0.6) is 0 Å². The number of nitrogens with zero attached hydrogens (tertiary/aromatic N) is 1. The first kappa shape index (κ1) is 9.37.